The van der Waals surface area contributed by atoms with Gasteiger partial charge < -0.3 is 10.2 Å². The molecule has 0 radical (unpaired) electrons. The fourth-order valence-corrected chi connectivity index (χ4v) is 1.66. The van der Waals surface area contributed by atoms with Gasteiger partial charge in [-0.25, -0.2) is 0 Å². The van der Waals surface area contributed by atoms with Gasteiger partial charge >= 0.3 is 0 Å². The van der Waals surface area contributed by atoms with Crippen LogP contribution in [0.1, 0.15) is 39.5 Å². The minimum absolute atomic E-state index is 0.0327. The third kappa shape index (κ3) is 3.64. The van der Waals surface area contributed by atoms with E-state index in [-0.39, 0.29) is 11.9 Å². The van der Waals surface area contributed by atoms with Crippen molar-refractivity contribution >= 4 is 5.91 Å². The Morgan fingerprint density at radius 1 is 1.50 bits per heavy atom. The molecular formula is C10H20N2O2. The van der Waals surface area contributed by atoms with Crippen LogP contribution in [-0.4, -0.2) is 24.6 Å². The van der Waals surface area contributed by atoms with Crippen molar-refractivity contribution in [3.05, 3.63) is 0 Å². The van der Waals surface area contributed by atoms with Gasteiger partial charge in [-0.3, -0.25) is 4.79 Å². The summed E-state index contributed by atoms with van der Waals surface area (Å²) in [6.07, 6.45) is 4.70. The van der Waals surface area contributed by atoms with Crippen molar-refractivity contribution in [3.8, 4) is 0 Å². The number of hydroxylamine groups is 1. The molecule has 1 aliphatic rings. The van der Waals surface area contributed by atoms with Gasteiger partial charge in [0.1, 0.15) is 6.04 Å². The fourth-order valence-electron chi connectivity index (χ4n) is 1.66. The maximum atomic E-state index is 11.6. The summed E-state index contributed by atoms with van der Waals surface area (Å²) in [5.41, 5.74) is 2.69. The first-order valence-electron chi connectivity index (χ1n) is 5.41. The molecule has 0 bridgehead atoms. The zero-order valence-corrected chi connectivity index (χ0v) is 9.01. The van der Waals surface area contributed by atoms with E-state index in [2.05, 4.69) is 10.8 Å². The molecule has 1 saturated carbocycles. The van der Waals surface area contributed by atoms with Gasteiger partial charge in [0.2, 0.25) is 5.91 Å². The lowest BCUT2D eigenvalue weighted by molar-refractivity contribution is -0.127. The zero-order chi connectivity index (χ0) is 10.4. The number of carbonyl (C=O) groups is 1. The van der Waals surface area contributed by atoms with Crippen LogP contribution in [0.15, 0.2) is 0 Å². The van der Waals surface area contributed by atoms with E-state index in [9.17, 15) is 4.79 Å². The van der Waals surface area contributed by atoms with Crippen LogP contribution in [0.25, 0.3) is 0 Å². The van der Waals surface area contributed by atoms with Crippen LogP contribution >= 0.6 is 0 Å². The molecule has 82 valence electrons. The molecule has 0 aromatic carbocycles. The number of nitrogens with one attached hydrogen (secondary N) is 2. The molecule has 0 aromatic rings. The Bertz CT molecular complexity index is 179. The molecule has 1 amide bonds. The van der Waals surface area contributed by atoms with Gasteiger partial charge in [0.15, 0.2) is 0 Å². The SMILES string of the molecule is CCONC(C)C(=O)NC1CCCC1. The minimum Gasteiger partial charge on any atom is -0.352 e. The third-order valence-corrected chi connectivity index (χ3v) is 2.50. The highest BCUT2D eigenvalue weighted by molar-refractivity contribution is 5.81. The van der Waals surface area contributed by atoms with E-state index < -0.39 is 0 Å². The minimum atomic E-state index is -0.268. The molecule has 1 fully saturated rings. The van der Waals surface area contributed by atoms with Gasteiger partial charge in [0.25, 0.3) is 0 Å². The number of carbonyl (C=O) groups excluding carboxylic acids is 1. The molecule has 1 rings (SSSR count). The summed E-state index contributed by atoms with van der Waals surface area (Å²) in [6, 6.07) is 0.115. The van der Waals surface area contributed by atoms with Crippen LogP contribution < -0.4 is 10.8 Å². The van der Waals surface area contributed by atoms with Crippen LogP contribution in [0.5, 0.6) is 0 Å². The van der Waals surface area contributed by atoms with Crippen molar-refractivity contribution in [1.82, 2.24) is 10.8 Å². The first-order valence-corrected chi connectivity index (χ1v) is 5.41. The molecule has 14 heavy (non-hydrogen) atoms. The Kier molecular flexibility index (Phi) is 4.90. The van der Waals surface area contributed by atoms with E-state index in [1.807, 2.05) is 6.92 Å². The molecule has 1 aliphatic carbocycles. The summed E-state index contributed by atoms with van der Waals surface area (Å²) in [6.45, 7) is 4.26. The number of hydrogen-bond acceptors (Lipinski definition) is 3. The lowest BCUT2D eigenvalue weighted by Gasteiger charge is -2.16. The topological polar surface area (TPSA) is 50.4 Å². The molecule has 2 N–H and O–H groups in total. The first-order chi connectivity index (χ1) is 6.74. The average Bonchev–Trinajstić information content (AvgIpc) is 2.66. The summed E-state index contributed by atoms with van der Waals surface area (Å²) in [7, 11) is 0. The Morgan fingerprint density at radius 2 is 2.14 bits per heavy atom. The molecule has 1 atom stereocenters. The lowest BCUT2D eigenvalue weighted by atomic mass is 10.2. The second-order valence-corrected chi connectivity index (χ2v) is 3.76. The zero-order valence-electron chi connectivity index (χ0n) is 9.01. The Morgan fingerprint density at radius 3 is 2.71 bits per heavy atom. The monoisotopic (exact) mass is 200 g/mol. The molecule has 0 spiro atoms. The van der Waals surface area contributed by atoms with Crippen LogP contribution in [0.4, 0.5) is 0 Å². The third-order valence-electron chi connectivity index (χ3n) is 2.50. The van der Waals surface area contributed by atoms with E-state index in [1.165, 1.54) is 12.8 Å². The summed E-state index contributed by atoms with van der Waals surface area (Å²) < 4.78 is 0. The largest absolute Gasteiger partial charge is 0.352 e. The Balaban J connectivity index is 2.18. The summed E-state index contributed by atoms with van der Waals surface area (Å²) in [5, 5.41) is 3.01. The molecule has 0 heterocycles. The second-order valence-electron chi connectivity index (χ2n) is 3.76. The summed E-state index contributed by atoms with van der Waals surface area (Å²) >= 11 is 0. The van der Waals surface area contributed by atoms with Crippen molar-refractivity contribution in [2.75, 3.05) is 6.61 Å². The molecule has 1 unspecified atom stereocenters. The van der Waals surface area contributed by atoms with Crippen molar-refractivity contribution in [1.29, 1.82) is 0 Å². The van der Waals surface area contributed by atoms with Crippen molar-refractivity contribution in [3.63, 3.8) is 0 Å². The van der Waals surface area contributed by atoms with Crippen LogP contribution in [-0.2, 0) is 9.63 Å². The van der Waals surface area contributed by atoms with E-state index in [0.29, 0.717) is 12.6 Å². The van der Waals surface area contributed by atoms with Gasteiger partial charge in [-0.1, -0.05) is 12.8 Å². The molecular weight excluding hydrogens is 180 g/mol. The van der Waals surface area contributed by atoms with Gasteiger partial charge in [-0.2, -0.15) is 5.48 Å². The number of hydrogen-bond donors (Lipinski definition) is 2. The van der Waals surface area contributed by atoms with Gasteiger partial charge in [-0.05, 0) is 26.7 Å². The first kappa shape index (κ1) is 11.5. The standard InChI is InChI=1S/C10H20N2O2/c1-3-14-12-8(2)10(13)11-9-6-4-5-7-9/h8-9,12H,3-7H2,1-2H3,(H,11,13). The van der Waals surface area contributed by atoms with Crippen LogP contribution in [0.3, 0.4) is 0 Å². The highest BCUT2D eigenvalue weighted by atomic mass is 16.6. The molecule has 0 saturated heterocycles. The van der Waals surface area contributed by atoms with Gasteiger partial charge in [0, 0.05) is 6.04 Å². The number of rotatable bonds is 5. The molecule has 4 heteroatoms. The smallest absolute Gasteiger partial charge is 0.239 e. The maximum absolute atomic E-state index is 11.6. The summed E-state index contributed by atoms with van der Waals surface area (Å²) in [4.78, 5) is 16.5. The maximum Gasteiger partial charge on any atom is 0.239 e. The predicted octanol–water partition coefficient (Wildman–Crippen LogP) is 0.975. The van der Waals surface area contributed by atoms with Gasteiger partial charge in [-0.15, -0.1) is 0 Å². The predicted molar refractivity (Wildman–Crippen MR) is 54.6 cm³/mol. The van der Waals surface area contributed by atoms with Crippen molar-refractivity contribution in [2.24, 2.45) is 0 Å². The van der Waals surface area contributed by atoms with E-state index in [4.69, 9.17) is 4.84 Å². The number of amides is 1. The fraction of sp³-hybridized carbons (Fsp3) is 0.900. The average molecular weight is 200 g/mol. The molecule has 0 aromatic heterocycles. The van der Waals surface area contributed by atoms with Gasteiger partial charge in [0.05, 0.1) is 6.61 Å². The highest BCUT2D eigenvalue weighted by Gasteiger charge is 2.20. The quantitative estimate of drug-likeness (QED) is 0.650. The Labute approximate surface area is 85.3 Å². The van der Waals surface area contributed by atoms with Crippen molar-refractivity contribution < 1.29 is 9.63 Å². The van der Waals surface area contributed by atoms with E-state index >= 15 is 0 Å². The second kappa shape index (κ2) is 5.98. The molecule has 4 nitrogen and oxygen atoms in total. The van der Waals surface area contributed by atoms with Crippen LogP contribution in [0, 0.1) is 0 Å². The van der Waals surface area contributed by atoms with Crippen molar-refractivity contribution in [2.45, 2.75) is 51.6 Å². The Hall–Kier alpha value is -0.610. The molecule has 0 aliphatic heterocycles. The lowest BCUT2D eigenvalue weighted by Crippen LogP contribution is -2.45. The van der Waals surface area contributed by atoms with Crippen LogP contribution in [0.2, 0.25) is 0 Å². The van der Waals surface area contributed by atoms with E-state index in [1.54, 1.807) is 6.92 Å². The summed E-state index contributed by atoms with van der Waals surface area (Å²) in [5.74, 6) is 0.0327. The normalized spacial score (nSPS) is 19.6. The van der Waals surface area contributed by atoms with E-state index in [0.717, 1.165) is 12.8 Å². The highest BCUT2D eigenvalue weighted by Crippen LogP contribution is 2.17.